The predicted molar refractivity (Wildman–Crippen MR) is 87.4 cm³/mol. The van der Waals surface area contributed by atoms with E-state index in [9.17, 15) is 10.1 Å². The van der Waals surface area contributed by atoms with Crippen molar-refractivity contribution in [3.8, 4) is 6.07 Å². The highest BCUT2D eigenvalue weighted by Crippen LogP contribution is 2.59. The molecule has 3 rings (SSSR count). The molecule has 0 aromatic heterocycles. The van der Waals surface area contributed by atoms with Crippen molar-refractivity contribution < 1.29 is 9.53 Å². The lowest BCUT2D eigenvalue weighted by molar-refractivity contribution is -0.143. The van der Waals surface area contributed by atoms with E-state index in [4.69, 9.17) is 4.74 Å². The number of methoxy groups -OCH3 is 1. The van der Waals surface area contributed by atoms with Crippen molar-refractivity contribution in [2.45, 2.75) is 53.2 Å². The number of nitrogens with one attached hydrogen (secondary N) is 1. The minimum absolute atomic E-state index is 0.0935. The smallest absolute Gasteiger partial charge is 0.173 e. The van der Waals surface area contributed by atoms with Crippen molar-refractivity contribution in [2.24, 2.45) is 27.7 Å². The normalized spacial score (nSPS) is 38.9. The maximum absolute atomic E-state index is 12.7. The summed E-state index contributed by atoms with van der Waals surface area (Å²) in [5.74, 6) is 0.610. The van der Waals surface area contributed by atoms with Crippen LogP contribution in [0.2, 0.25) is 0 Å². The summed E-state index contributed by atoms with van der Waals surface area (Å²) in [6, 6.07) is 2.24. The van der Waals surface area contributed by atoms with E-state index < -0.39 is 11.3 Å². The topological polar surface area (TPSA) is 74.5 Å². The van der Waals surface area contributed by atoms with Crippen molar-refractivity contribution in [1.29, 1.82) is 5.26 Å². The van der Waals surface area contributed by atoms with Crippen LogP contribution in [0.25, 0.3) is 0 Å². The maximum Gasteiger partial charge on any atom is 0.173 e. The highest BCUT2D eigenvalue weighted by atomic mass is 16.5. The number of allylic oxidation sites excluding steroid dienone is 1. The number of carbonyl (C=O) groups excluding carboxylic acids is 1. The van der Waals surface area contributed by atoms with Gasteiger partial charge in [0.25, 0.3) is 0 Å². The highest BCUT2D eigenvalue weighted by Gasteiger charge is 2.58. The van der Waals surface area contributed by atoms with Crippen molar-refractivity contribution in [3.63, 3.8) is 0 Å². The number of nitrogens with zero attached hydrogens (tertiary/aromatic N) is 2. The van der Waals surface area contributed by atoms with Crippen LogP contribution in [0.3, 0.4) is 0 Å². The molecule has 3 aliphatic rings. The molecule has 0 bridgehead atoms. The van der Waals surface area contributed by atoms with Gasteiger partial charge < -0.3 is 10.1 Å². The minimum Gasteiger partial charge on any atom is -0.356 e. The van der Waals surface area contributed by atoms with Crippen molar-refractivity contribution in [1.82, 2.24) is 5.32 Å². The molecule has 4 atom stereocenters. The Balaban J connectivity index is 2.12. The number of fused-ring (bicyclic) bond motifs is 2. The average molecular weight is 315 g/mol. The van der Waals surface area contributed by atoms with Crippen LogP contribution in [0.4, 0.5) is 0 Å². The zero-order valence-corrected chi connectivity index (χ0v) is 14.6. The van der Waals surface area contributed by atoms with Crippen LogP contribution < -0.4 is 5.32 Å². The summed E-state index contributed by atoms with van der Waals surface area (Å²) in [5.41, 5.74) is 1.60. The van der Waals surface area contributed by atoms with Gasteiger partial charge in [-0.25, -0.2) is 4.99 Å². The van der Waals surface area contributed by atoms with Gasteiger partial charge in [-0.05, 0) is 32.1 Å². The molecular weight excluding hydrogens is 290 g/mol. The molecular formula is C18H25N3O2. The number of hydrogen-bond acceptors (Lipinski definition) is 5. The van der Waals surface area contributed by atoms with E-state index in [-0.39, 0.29) is 23.3 Å². The lowest BCUT2D eigenvalue weighted by Crippen LogP contribution is -2.57. The Labute approximate surface area is 137 Å². The first-order chi connectivity index (χ1) is 10.8. The van der Waals surface area contributed by atoms with Gasteiger partial charge >= 0.3 is 0 Å². The first kappa shape index (κ1) is 16.2. The first-order valence-electron chi connectivity index (χ1n) is 8.27. The Morgan fingerprint density at radius 1 is 1.39 bits per heavy atom. The molecule has 0 aromatic carbocycles. The molecule has 2 aliphatic carbocycles. The number of amidine groups is 1. The fourth-order valence-electron chi connectivity index (χ4n) is 5.06. The largest absolute Gasteiger partial charge is 0.356 e. The number of carbonyl (C=O) groups is 1. The Morgan fingerprint density at radius 3 is 2.70 bits per heavy atom. The minimum atomic E-state index is -0.542. The van der Waals surface area contributed by atoms with Crippen molar-refractivity contribution in [3.05, 3.63) is 11.3 Å². The van der Waals surface area contributed by atoms with Crippen LogP contribution in [-0.4, -0.2) is 25.0 Å². The van der Waals surface area contributed by atoms with E-state index >= 15 is 0 Å². The molecule has 0 spiro atoms. The van der Waals surface area contributed by atoms with Crippen LogP contribution in [0, 0.1) is 34.0 Å². The number of rotatable bonds is 1. The zero-order valence-electron chi connectivity index (χ0n) is 14.6. The summed E-state index contributed by atoms with van der Waals surface area (Å²) < 4.78 is 5.56. The van der Waals surface area contributed by atoms with E-state index in [2.05, 4.69) is 23.3 Å². The fraction of sp³-hybridized carbons (Fsp3) is 0.722. The van der Waals surface area contributed by atoms with Gasteiger partial charge in [0.15, 0.2) is 12.0 Å². The summed E-state index contributed by atoms with van der Waals surface area (Å²) in [4.78, 5) is 17.3. The molecule has 2 unspecified atom stereocenters. The van der Waals surface area contributed by atoms with Gasteiger partial charge in [0, 0.05) is 29.2 Å². The molecule has 0 amide bonds. The standard InChI is InChI=1S/C18H25N3O2/c1-10-20-14-12(16(21-10)23-5)6-7-13-17(2,3)15(22)11(9-19)8-18(13,14)4/h11,13,16H,6-8H2,1-5H3,(H,20,21)/t11?,13-,16?,18-/m0/s1. The Morgan fingerprint density at radius 2 is 2.09 bits per heavy atom. The monoisotopic (exact) mass is 315 g/mol. The van der Waals surface area contributed by atoms with Gasteiger partial charge in [-0.15, -0.1) is 0 Å². The quantitative estimate of drug-likeness (QED) is 0.807. The van der Waals surface area contributed by atoms with Crippen LogP contribution in [0.15, 0.2) is 16.3 Å². The molecule has 5 nitrogen and oxygen atoms in total. The van der Waals surface area contributed by atoms with Crippen LogP contribution in [0.1, 0.15) is 47.0 Å². The summed E-state index contributed by atoms with van der Waals surface area (Å²) in [6.45, 7) is 8.14. The number of nitriles is 1. The average Bonchev–Trinajstić information content (AvgIpc) is 2.51. The molecule has 0 saturated heterocycles. The molecule has 23 heavy (non-hydrogen) atoms. The van der Waals surface area contributed by atoms with E-state index in [0.717, 1.165) is 24.4 Å². The maximum atomic E-state index is 12.7. The molecule has 0 radical (unpaired) electrons. The van der Waals surface area contributed by atoms with Crippen LogP contribution in [-0.2, 0) is 9.53 Å². The molecule has 1 aliphatic heterocycles. The fourth-order valence-corrected chi connectivity index (χ4v) is 5.06. The third-order valence-corrected chi connectivity index (χ3v) is 6.11. The second-order valence-electron chi connectivity index (χ2n) is 7.81. The second kappa shape index (κ2) is 5.17. The molecule has 1 saturated carbocycles. The lowest BCUT2D eigenvalue weighted by atomic mass is 9.49. The lowest BCUT2D eigenvalue weighted by Gasteiger charge is -2.56. The van der Waals surface area contributed by atoms with Crippen molar-refractivity contribution in [2.75, 3.05) is 7.11 Å². The van der Waals surface area contributed by atoms with E-state index in [1.54, 1.807) is 7.11 Å². The van der Waals surface area contributed by atoms with E-state index in [1.807, 2.05) is 20.8 Å². The number of aliphatic imine (C=N–C) groups is 1. The van der Waals surface area contributed by atoms with Gasteiger partial charge in [-0.1, -0.05) is 20.8 Å². The number of ketones is 1. The van der Waals surface area contributed by atoms with Gasteiger partial charge in [0.2, 0.25) is 0 Å². The molecule has 124 valence electrons. The van der Waals surface area contributed by atoms with Gasteiger partial charge in [0.1, 0.15) is 11.8 Å². The Bertz CT molecular complexity index is 656. The molecule has 1 fully saturated rings. The summed E-state index contributed by atoms with van der Waals surface area (Å²) in [7, 11) is 1.68. The Hall–Kier alpha value is -1.67. The third kappa shape index (κ3) is 2.15. The van der Waals surface area contributed by atoms with Crippen LogP contribution >= 0.6 is 0 Å². The molecule has 0 aromatic rings. The molecule has 1 N–H and O–H groups in total. The van der Waals surface area contributed by atoms with Gasteiger partial charge in [0.05, 0.1) is 6.07 Å². The SMILES string of the molecule is COC1N=C(C)NC2=C1CC[C@H]1C(C)(C)C(=O)C(C#N)C[C@]21C. The van der Waals surface area contributed by atoms with Gasteiger partial charge in [-0.3, -0.25) is 4.79 Å². The summed E-state index contributed by atoms with van der Waals surface area (Å²) >= 11 is 0. The zero-order chi connectivity index (χ0) is 17.0. The van der Waals surface area contributed by atoms with E-state index in [0.29, 0.717) is 6.42 Å². The number of ether oxygens (including phenoxy) is 1. The van der Waals surface area contributed by atoms with E-state index in [1.165, 1.54) is 5.57 Å². The summed E-state index contributed by atoms with van der Waals surface area (Å²) in [6.07, 6.45) is 2.14. The van der Waals surface area contributed by atoms with Gasteiger partial charge in [-0.2, -0.15) is 5.26 Å². The Kier molecular flexibility index (Phi) is 3.64. The molecule has 1 heterocycles. The molecule has 5 heteroatoms. The van der Waals surface area contributed by atoms with Crippen LogP contribution in [0.5, 0.6) is 0 Å². The van der Waals surface area contributed by atoms with Crippen molar-refractivity contribution >= 4 is 11.6 Å². The first-order valence-corrected chi connectivity index (χ1v) is 8.27. The predicted octanol–water partition coefficient (Wildman–Crippen LogP) is 2.79. The summed E-state index contributed by atoms with van der Waals surface area (Å²) in [5, 5.41) is 12.9. The number of hydrogen-bond donors (Lipinski definition) is 1. The highest BCUT2D eigenvalue weighted by molar-refractivity contribution is 5.90. The third-order valence-electron chi connectivity index (χ3n) is 6.11. The number of Topliss-reactive ketones (excluding diaryl/α,β-unsaturated/α-hetero) is 1. The second-order valence-corrected chi connectivity index (χ2v) is 7.81.